The summed E-state index contributed by atoms with van der Waals surface area (Å²) in [6.45, 7) is 5.77. The standard InChI is InChI=1S/C11H13N3/c1-3-8-7-14-11(13)10(5-6-12)9(8)4-2/h4,7H,2-3,12H2,1H3,(H2,13,14). The molecular weight excluding hydrogens is 174 g/mol. The minimum absolute atomic E-state index is 0.398. The van der Waals surface area contributed by atoms with Gasteiger partial charge >= 0.3 is 0 Å². The summed E-state index contributed by atoms with van der Waals surface area (Å²) in [5.41, 5.74) is 13.5. The average Bonchev–Trinajstić information content (AvgIpc) is 2.21. The van der Waals surface area contributed by atoms with Crippen LogP contribution < -0.4 is 11.5 Å². The van der Waals surface area contributed by atoms with E-state index >= 15 is 0 Å². The van der Waals surface area contributed by atoms with E-state index in [1.807, 2.05) is 6.92 Å². The van der Waals surface area contributed by atoms with Crippen LogP contribution in [0.5, 0.6) is 0 Å². The van der Waals surface area contributed by atoms with Gasteiger partial charge in [-0.1, -0.05) is 19.6 Å². The van der Waals surface area contributed by atoms with Gasteiger partial charge < -0.3 is 11.5 Å². The molecule has 14 heavy (non-hydrogen) atoms. The lowest BCUT2D eigenvalue weighted by Crippen LogP contribution is -2.01. The summed E-state index contributed by atoms with van der Waals surface area (Å²) in [5.74, 6) is 3.14. The Kier molecular flexibility index (Phi) is 3.14. The van der Waals surface area contributed by atoms with Gasteiger partial charge in [0.25, 0.3) is 0 Å². The topological polar surface area (TPSA) is 64.9 Å². The first-order chi connectivity index (χ1) is 6.74. The first kappa shape index (κ1) is 10.1. The fourth-order valence-corrected chi connectivity index (χ4v) is 1.30. The van der Waals surface area contributed by atoms with Gasteiger partial charge in [-0.25, -0.2) is 4.98 Å². The van der Waals surface area contributed by atoms with Gasteiger partial charge in [-0.15, -0.1) is 0 Å². The third kappa shape index (κ3) is 1.69. The minimum Gasteiger partial charge on any atom is -0.383 e. The Morgan fingerprint density at radius 2 is 2.36 bits per heavy atom. The second-order valence-electron chi connectivity index (χ2n) is 2.78. The smallest absolute Gasteiger partial charge is 0.139 e. The van der Waals surface area contributed by atoms with Gasteiger partial charge in [-0.2, -0.15) is 0 Å². The zero-order valence-corrected chi connectivity index (χ0v) is 8.17. The zero-order chi connectivity index (χ0) is 10.6. The maximum absolute atomic E-state index is 5.69. The predicted octanol–water partition coefficient (Wildman–Crippen LogP) is 1.14. The number of aryl methyl sites for hydroxylation is 1. The van der Waals surface area contributed by atoms with E-state index in [2.05, 4.69) is 23.5 Å². The Morgan fingerprint density at radius 1 is 1.64 bits per heavy atom. The normalized spacial score (nSPS) is 8.93. The van der Waals surface area contributed by atoms with Crippen molar-refractivity contribution in [3.05, 3.63) is 29.5 Å². The van der Waals surface area contributed by atoms with Crippen molar-refractivity contribution in [1.29, 1.82) is 0 Å². The largest absolute Gasteiger partial charge is 0.383 e. The maximum atomic E-state index is 5.69. The number of pyridine rings is 1. The van der Waals surface area contributed by atoms with Crippen molar-refractivity contribution in [2.75, 3.05) is 5.73 Å². The molecule has 0 fully saturated rings. The van der Waals surface area contributed by atoms with E-state index in [1.165, 1.54) is 0 Å². The molecule has 0 radical (unpaired) electrons. The molecule has 0 aliphatic rings. The van der Waals surface area contributed by atoms with E-state index in [1.54, 1.807) is 12.3 Å². The van der Waals surface area contributed by atoms with E-state index < -0.39 is 0 Å². The molecule has 3 nitrogen and oxygen atoms in total. The lowest BCUT2D eigenvalue weighted by Gasteiger charge is -2.07. The van der Waals surface area contributed by atoms with E-state index in [0.717, 1.165) is 17.5 Å². The van der Waals surface area contributed by atoms with Gasteiger partial charge in [0, 0.05) is 12.2 Å². The molecule has 0 aliphatic carbocycles. The van der Waals surface area contributed by atoms with Crippen molar-refractivity contribution in [2.24, 2.45) is 5.73 Å². The fourth-order valence-electron chi connectivity index (χ4n) is 1.30. The molecular formula is C11H13N3. The third-order valence-corrected chi connectivity index (χ3v) is 2.01. The van der Waals surface area contributed by atoms with Gasteiger partial charge in [0.05, 0.1) is 5.56 Å². The molecule has 1 rings (SSSR count). The van der Waals surface area contributed by atoms with Crippen LogP contribution in [0.2, 0.25) is 0 Å². The van der Waals surface area contributed by atoms with Crippen LogP contribution in [0.1, 0.15) is 23.6 Å². The molecule has 0 saturated heterocycles. The third-order valence-electron chi connectivity index (χ3n) is 2.01. The van der Waals surface area contributed by atoms with Gasteiger partial charge in [-0.05, 0) is 23.5 Å². The highest BCUT2D eigenvalue weighted by molar-refractivity contribution is 5.67. The number of hydrogen-bond acceptors (Lipinski definition) is 3. The molecule has 0 aromatic carbocycles. The number of nitrogens with zero attached hydrogens (tertiary/aromatic N) is 1. The first-order valence-corrected chi connectivity index (χ1v) is 4.36. The van der Waals surface area contributed by atoms with Gasteiger partial charge in [-0.3, -0.25) is 0 Å². The maximum Gasteiger partial charge on any atom is 0.139 e. The molecule has 3 heteroatoms. The average molecular weight is 187 g/mol. The fraction of sp³-hybridized carbons (Fsp3) is 0.182. The van der Waals surface area contributed by atoms with Crippen molar-refractivity contribution in [3.63, 3.8) is 0 Å². The van der Waals surface area contributed by atoms with Crippen LogP contribution in [0.3, 0.4) is 0 Å². The quantitative estimate of drug-likeness (QED) is 0.539. The Morgan fingerprint density at radius 3 is 2.86 bits per heavy atom. The molecule has 0 unspecified atom stereocenters. The second kappa shape index (κ2) is 4.33. The van der Waals surface area contributed by atoms with E-state index in [9.17, 15) is 0 Å². The van der Waals surface area contributed by atoms with Gasteiger partial charge in [0.1, 0.15) is 5.82 Å². The van der Waals surface area contributed by atoms with Crippen LogP contribution in [-0.4, -0.2) is 4.98 Å². The highest BCUT2D eigenvalue weighted by atomic mass is 14.8. The number of nitrogen functional groups attached to an aromatic ring is 1. The Balaban J connectivity index is 3.47. The first-order valence-electron chi connectivity index (χ1n) is 4.36. The summed E-state index contributed by atoms with van der Waals surface area (Å²) in [6.07, 6.45) is 4.35. The number of rotatable bonds is 2. The van der Waals surface area contributed by atoms with Crippen LogP contribution >= 0.6 is 0 Å². The SMILES string of the molecule is C=Cc1c(CC)cnc(N)c1C#CN. The molecule has 0 bridgehead atoms. The van der Waals surface area contributed by atoms with Crippen LogP contribution in [0.15, 0.2) is 12.8 Å². The van der Waals surface area contributed by atoms with Crippen molar-refractivity contribution in [3.8, 4) is 12.0 Å². The van der Waals surface area contributed by atoms with Crippen molar-refractivity contribution >= 4 is 11.9 Å². The lowest BCUT2D eigenvalue weighted by molar-refractivity contribution is 1.09. The lowest BCUT2D eigenvalue weighted by atomic mass is 10.0. The summed E-state index contributed by atoms with van der Waals surface area (Å²) in [6, 6.07) is 2.33. The van der Waals surface area contributed by atoms with E-state index in [0.29, 0.717) is 11.4 Å². The number of hydrogen-bond donors (Lipinski definition) is 2. The number of aromatic nitrogens is 1. The second-order valence-corrected chi connectivity index (χ2v) is 2.78. The molecule has 72 valence electrons. The Labute approximate surface area is 83.8 Å². The van der Waals surface area contributed by atoms with Crippen molar-refractivity contribution in [2.45, 2.75) is 13.3 Å². The minimum atomic E-state index is 0.398. The van der Waals surface area contributed by atoms with E-state index in [4.69, 9.17) is 11.5 Å². The predicted molar refractivity (Wildman–Crippen MR) is 59.2 cm³/mol. The molecule has 0 amide bonds. The van der Waals surface area contributed by atoms with Gasteiger partial charge in [0.2, 0.25) is 0 Å². The van der Waals surface area contributed by atoms with Crippen molar-refractivity contribution < 1.29 is 0 Å². The van der Waals surface area contributed by atoms with Crippen LogP contribution in [0.4, 0.5) is 5.82 Å². The summed E-state index contributed by atoms with van der Waals surface area (Å²) >= 11 is 0. The summed E-state index contributed by atoms with van der Waals surface area (Å²) in [5, 5.41) is 0. The summed E-state index contributed by atoms with van der Waals surface area (Å²) in [4.78, 5) is 4.05. The van der Waals surface area contributed by atoms with Crippen LogP contribution in [0, 0.1) is 12.0 Å². The van der Waals surface area contributed by atoms with Gasteiger partial charge in [0.15, 0.2) is 0 Å². The Bertz CT molecular complexity index is 411. The summed E-state index contributed by atoms with van der Waals surface area (Å²) in [7, 11) is 0. The molecule has 0 atom stereocenters. The molecule has 4 N–H and O–H groups in total. The van der Waals surface area contributed by atoms with Crippen LogP contribution in [0.25, 0.3) is 6.08 Å². The molecule has 0 spiro atoms. The van der Waals surface area contributed by atoms with Crippen LogP contribution in [-0.2, 0) is 6.42 Å². The number of nitrogens with two attached hydrogens (primary N) is 2. The molecule has 1 aromatic heterocycles. The van der Waals surface area contributed by atoms with E-state index in [-0.39, 0.29) is 0 Å². The monoisotopic (exact) mass is 187 g/mol. The highest BCUT2D eigenvalue weighted by Crippen LogP contribution is 2.19. The zero-order valence-electron chi connectivity index (χ0n) is 8.17. The highest BCUT2D eigenvalue weighted by Gasteiger charge is 2.07. The molecule has 0 saturated carbocycles. The molecule has 1 heterocycles. The number of anilines is 1. The summed E-state index contributed by atoms with van der Waals surface area (Å²) < 4.78 is 0. The molecule has 1 aromatic rings. The Hall–Kier alpha value is -1.95. The van der Waals surface area contributed by atoms with Crippen molar-refractivity contribution in [1.82, 2.24) is 4.98 Å². The molecule has 0 aliphatic heterocycles.